The van der Waals surface area contributed by atoms with Crippen LogP contribution in [0, 0.1) is 6.92 Å². The van der Waals surface area contributed by atoms with E-state index in [-0.39, 0.29) is 5.38 Å². The van der Waals surface area contributed by atoms with E-state index >= 15 is 0 Å². The molecule has 0 aliphatic carbocycles. The second-order valence-corrected chi connectivity index (χ2v) is 6.33. The van der Waals surface area contributed by atoms with Crippen LogP contribution in [0.2, 0.25) is 0 Å². The van der Waals surface area contributed by atoms with E-state index in [1.165, 1.54) is 0 Å². The van der Waals surface area contributed by atoms with Gasteiger partial charge in [-0.3, -0.25) is 0 Å². The summed E-state index contributed by atoms with van der Waals surface area (Å²) in [6.07, 6.45) is 0. The minimum atomic E-state index is -0.249. The van der Waals surface area contributed by atoms with Crippen molar-refractivity contribution in [3.63, 3.8) is 0 Å². The molecule has 1 aromatic heterocycles. The zero-order valence-electron chi connectivity index (χ0n) is 10.9. The van der Waals surface area contributed by atoms with Crippen molar-refractivity contribution in [3.8, 4) is 11.5 Å². The molecule has 0 spiro atoms. The van der Waals surface area contributed by atoms with Crippen LogP contribution in [0.3, 0.4) is 0 Å². The Morgan fingerprint density at radius 2 is 1.95 bits per heavy atom. The Labute approximate surface area is 130 Å². The Hall–Kier alpha value is -0.710. The van der Waals surface area contributed by atoms with Gasteiger partial charge in [0.2, 0.25) is 0 Å². The number of hydrogen-bond donors (Lipinski definition) is 0. The molecule has 0 amide bonds. The van der Waals surface area contributed by atoms with Crippen LogP contribution >= 0.6 is 38.9 Å². The van der Waals surface area contributed by atoms with E-state index in [2.05, 4.69) is 15.9 Å². The lowest BCUT2D eigenvalue weighted by molar-refractivity contribution is 0.409. The summed E-state index contributed by atoms with van der Waals surface area (Å²) >= 11 is 11.7. The van der Waals surface area contributed by atoms with Crippen molar-refractivity contribution >= 4 is 38.9 Å². The Morgan fingerprint density at radius 3 is 2.53 bits per heavy atom. The summed E-state index contributed by atoms with van der Waals surface area (Å²) < 4.78 is 11.6. The predicted octanol–water partition coefficient (Wildman–Crippen LogP) is 5.16. The smallest absolute Gasteiger partial charge is 0.129 e. The third-order valence-corrected chi connectivity index (χ3v) is 5.30. The van der Waals surface area contributed by atoms with Gasteiger partial charge in [0, 0.05) is 20.3 Å². The summed E-state index contributed by atoms with van der Waals surface area (Å²) in [5, 5.41) is 1.70. The SMILES string of the molecule is COc1csc(C(Cl)c2cc(Br)c(C)cc2OC)c1. The van der Waals surface area contributed by atoms with Crippen LogP contribution in [0.5, 0.6) is 11.5 Å². The van der Waals surface area contributed by atoms with Crippen LogP contribution in [0.4, 0.5) is 0 Å². The van der Waals surface area contributed by atoms with E-state index in [4.69, 9.17) is 21.1 Å². The molecule has 0 fully saturated rings. The normalized spacial score (nSPS) is 12.3. The second kappa shape index (κ2) is 6.16. The highest BCUT2D eigenvalue weighted by Gasteiger charge is 2.19. The third kappa shape index (κ3) is 3.07. The van der Waals surface area contributed by atoms with Gasteiger partial charge in [0.1, 0.15) is 11.5 Å². The van der Waals surface area contributed by atoms with Crippen molar-refractivity contribution in [2.24, 2.45) is 0 Å². The molecule has 1 aromatic carbocycles. The number of methoxy groups -OCH3 is 2. The lowest BCUT2D eigenvalue weighted by Crippen LogP contribution is -1.97. The van der Waals surface area contributed by atoms with E-state index < -0.39 is 0 Å². The highest BCUT2D eigenvalue weighted by Crippen LogP contribution is 2.41. The van der Waals surface area contributed by atoms with Gasteiger partial charge in [0.25, 0.3) is 0 Å². The first-order valence-electron chi connectivity index (χ1n) is 5.67. The average Bonchev–Trinajstić information content (AvgIpc) is 2.89. The highest BCUT2D eigenvalue weighted by molar-refractivity contribution is 9.10. The fourth-order valence-electron chi connectivity index (χ4n) is 1.77. The van der Waals surface area contributed by atoms with Gasteiger partial charge in [-0.2, -0.15) is 0 Å². The van der Waals surface area contributed by atoms with Gasteiger partial charge >= 0.3 is 0 Å². The number of benzene rings is 1. The maximum absolute atomic E-state index is 6.56. The molecule has 0 aliphatic heterocycles. The molecule has 19 heavy (non-hydrogen) atoms. The van der Waals surface area contributed by atoms with E-state index in [1.807, 2.05) is 30.5 Å². The molecule has 0 bridgehead atoms. The maximum atomic E-state index is 6.56. The van der Waals surface area contributed by atoms with Crippen LogP contribution < -0.4 is 9.47 Å². The van der Waals surface area contributed by atoms with E-state index in [0.717, 1.165) is 32.0 Å². The number of alkyl halides is 1. The van der Waals surface area contributed by atoms with Gasteiger partial charge in [-0.05, 0) is 30.7 Å². The van der Waals surface area contributed by atoms with E-state index in [9.17, 15) is 0 Å². The fraction of sp³-hybridized carbons (Fsp3) is 0.286. The number of ether oxygens (including phenoxy) is 2. The van der Waals surface area contributed by atoms with Crippen LogP contribution in [0.15, 0.2) is 28.1 Å². The molecule has 5 heteroatoms. The fourth-order valence-corrected chi connectivity index (χ4v) is 3.37. The van der Waals surface area contributed by atoms with Gasteiger partial charge in [-0.1, -0.05) is 15.9 Å². The molecule has 1 unspecified atom stereocenters. The van der Waals surface area contributed by atoms with Crippen LogP contribution in [0.1, 0.15) is 21.4 Å². The molecule has 0 N–H and O–H groups in total. The van der Waals surface area contributed by atoms with Gasteiger partial charge in [0.15, 0.2) is 0 Å². The maximum Gasteiger partial charge on any atom is 0.129 e. The summed E-state index contributed by atoms with van der Waals surface area (Å²) in [6.45, 7) is 2.02. The molecule has 2 rings (SSSR count). The van der Waals surface area contributed by atoms with Crippen molar-refractivity contribution in [1.82, 2.24) is 0 Å². The molecule has 1 heterocycles. The van der Waals surface area contributed by atoms with Crippen molar-refractivity contribution in [2.75, 3.05) is 14.2 Å². The van der Waals surface area contributed by atoms with Gasteiger partial charge in [0.05, 0.1) is 19.6 Å². The highest BCUT2D eigenvalue weighted by atomic mass is 79.9. The van der Waals surface area contributed by atoms with Crippen molar-refractivity contribution < 1.29 is 9.47 Å². The number of hydrogen-bond acceptors (Lipinski definition) is 3. The Morgan fingerprint density at radius 1 is 1.21 bits per heavy atom. The zero-order chi connectivity index (χ0) is 14.0. The largest absolute Gasteiger partial charge is 0.496 e. The summed E-state index contributed by atoms with van der Waals surface area (Å²) in [6, 6.07) is 5.95. The van der Waals surface area contributed by atoms with Gasteiger partial charge in [-0.25, -0.2) is 0 Å². The lowest BCUT2D eigenvalue weighted by atomic mass is 10.1. The number of thiophene rings is 1. The van der Waals surface area contributed by atoms with Crippen LogP contribution in [-0.2, 0) is 0 Å². The summed E-state index contributed by atoms with van der Waals surface area (Å²) in [5.74, 6) is 1.63. The zero-order valence-corrected chi connectivity index (χ0v) is 14.0. The van der Waals surface area contributed by atoms with Crippen molar-refractivity contribution in [2.45, 2.75) is 12.3 Å². The quantitative estimate of drug-likeness (QED) is 0.700. The first-order chi connectivity index (χ1) is 9.06. The predicted molar refractivity (Wildman–Crippen MR) is 84.0 cm³/mol. The molecule has 0 radical (unpaired) electrons. The summed E-state index contributed by atoms with van der Waals surface area (Å²) in [7, 11) is 3.31. The molecular weight excluding hydrogens is 348 g/mol. The summed E-state index contributed by atoms with van der Waals surface area (Å²) in [5.41, 5.74) is 2.07. The monoisotopic (exact) mass is 360 g/mol. The second-order valence-electron chi connectivity index (χ2n) is 4.09. The van der Waals surface area contributed by atoms with Crippen molar-refractivity contribution in [3.05, 3.63) is 44.1 Å². The van der Waals surface area contributed by atoms with Crippen molar-refractivity contribution in [1.29, 1.82) is 0 Å². The first-order valence-corrected chi connectivity index (χ1v) is 7.78. The Balaban J connectivity index is 2.42. The molecular formula is C14H14BrClO2S. The minimum Gasteiger partial charge on any atom is -0.496 e. The average molecular weight is 362 g/mol. The molecule has 2 nitrogen and oxygen atoms in total. The first kappa shape index (κ1) is 14.7. The molecule has 0 saturated heterocycles. The van der Waals surface area contributed by atoms with Gasteiger partial charge < -0.3 is 9.47 Å². The van der Waals surface area contributed by atoms with E-state index in [1.54, 1.807) is 25.6 Å². The number of rotatable bonds is 4. The number of aryl methyl sites for hydroxylation is 1. The summed E-state index contributed by atoms with van der Waals surface area (Å²) in [4.78, 5) is 1.03. The van der Waals surface area contributed by atoms with Crippen LogP contribution in [0.25, 0.3) is 0 Å². The molecule has 2 aromatic rings. The Bertz CT molecular complexity index is 583. The van der Waals surface area contributed by atoms with E-state index in [0.29, 0.717) is 0 Å². The van der Waals surface area contributed by atoms with Crippen LogP contribution in [-0.4, -0.2) is 14.2 Å². The van der Waals surface area contributed by atoms with Gasteiger partial charge in [-0.15, -0.1) is 22.9 Å². The number of halogens is 2. The third-order valence-electron chi connectivity index (χ3n) is 2.87. The standard InChI is InChI=1S/C14H14BrClO2S/c1-8-4-12(18-3)10(6-11(8)15)14(16)13-5-9(17-2)7-19-13/h4-7,14H,1-3H3. The topological polar surface area (TPSA) is 18.5 Å². The lowest BCUT2D eigenvalue weighted by Gasteiger charge is -2.14. The molecule has 102 valence electrons. The molecule has 1 atom stereocenters. The minimum absolute atomic E-state index is 0.249. The molecule has 0 aliphatic rings. The molecule has 0 saturated carbocycles. The Kier molecular flexibility index (Phi) is 4.76.